The smallest absolute Gasteiger partial charge is 0.276 e. The second-order valence-electron chi connectivity index (χ2n) is 6.08. The fourth-order valence-corrected chi connectivity index (χ4v) is 3.64. The highest BCUT2D eigenvalue weighted by molar-refractivity contribution is 7.08. The summed E-state index contributed by atoms with van der Waals surface area (Å²) in [5.41, 5.74) is 1.30. The van der Waals surface area contributed by atoms with Crippen LogP contribution in [0.4, 0.5) is 0 Å². The Bertz CT molecular complexity index is 855. The Labute approximate surface area is 148 Å². The monoisotopic (exact) mass is 358 g/mol. The van der Waals surface area contributed by atoms with Crippen LogP contribution in [-0.2, 0) is 6.42 Å². The van der Waals surface area contributed by atoms with Gasteiger partial charge in [-0.15, -0.1) is 10.2 Å². The summed E-state index contributed by atoms with van der Waals surface area (Å²) >= 11 is 1.59. The van der Waals surface area contributed by atoms with Gasteiger partial charge in [-0.2, -0.15) is 11.3 Å². The summed E-state index contributed by atoms with van der Waals surface area (Å²) in [6.45, 7) is 3.22. The number of carbonyl (C=O) groups excluding carboxylic acids is 1. The van der Waals surface area contributed by atoms with Gasteiger partial charge in [0, 0.05) is 36.5 Å². The fourth-order valence-electron chi connectivity index (χ4n) is 3.01. The number of aromatic nitrogens is 3. The van der Waals surface area contributed by atoms with E-state index < -0.39 is 0 Å². The van der Waals surface area contributed by atoms with Crippen LogP contribution in [0.5, 0.6) is 0 Å². The van der Waals surface area contributed by atoms with Crippen molar-refractivity contribution in [2.45, 2.75) is 32.1 Å². The molecule has 1 amide bonds. The maximum Gasteiger partial charge on any atom is 0.276 e. The van der Waals surface area contributed by atoms with Gasteiger partial charge in [0.05, 0.1) is 5.92 Å². The van der Waals surface area contributed by atoms with Gasteiger partial charge in [0.15, 0.2) is 5.69 Å². The summed E-state index contributed by atoms with van der Waals surface area (Å²) in [4.78, 5) is 14.4. The summed E-state index contributed by atoms with van der Waals surface area (Å²) in [7, 11) is 0. The molecule has 0 aromatic carbocycles. The second kappa shape index (κ2) is 6.79. The molecule has 1 aliphatic rings. The molecule has 0 bridgehead atoms. The highest BCUT2D eigenvalue weighted by Crippen LogP contribution is 2.29. The highest BCUT2D eigenvalue weighted by Gasteiger charge is 2.30. The summed E-state index contributed by atoms with van der Waals surface area (Å²) in [5, 5.41) is 16.2. The number of thiophene rings is 1. The van der Waals surface area contributed by atoms with E-state index in [2.05, 4.69) is 15.4 Å². The molecule has 3 aromatic rings. The van der Waals surface area contributed by atoms with Gasteiger partial charge in [-0.1, -0.05) is 12.1 Å². The molecule has 0 saturated carbocycles. The predicted molar refractivity (Wildman–Crippen MR) is 91.4 cm³/mol. The Hall–Kier alpha value is -2.48. The third-order valence-corrected chi connectivity index (χ3v) is 5.08. The van der Waals surface area contributed by atoms with Crippen molar-refractivity contribution in [2.75, 3.05) is 13.1 Å². The third-order valence-electron chi connectivity index (χ3n) is 4.39. The number of rotatable bonds is 4. The van der Waals surface area contributed by atoms with Gasteiger partial charge in [-0.25, -0.2) is 0 Å². The van der Waals surface area contributed by atoms with Gasteiger partial charge in [0.25, 0.3) is 5.91 Å². The van der Waals surface area contributed by atoms with E-state index in [1.807, 2.05) is 23.8 Å². The van der Waals surface area contributed by atoms with E-state index >= 15 is 0 Å². The van der Waals surface area contributed by atoms with Gasteiger partial charge >= 0.3 is 0 Å². The summed E-state index contributed by atoms with van der Waals surface area (Å²) in [5.74, 6) is 1.78. The SMILES string of the molecule is CCc1cc(C(=O)N2CCC[C@@H](c3nnc(-c4ccsc4)o3)C2)no1. The molecule has 1 atom stereocenters. The molecule has 4 rings (SSSR count). The van der Waals surface area contributed by atoms with Crippen LogP contribution in [0.1, 0.15) is 47.8 Å². The van der Waals surface area contributed by atoms with Crippen molar-refractivity contribution in [1.82, 2.24) is 20.3 Å². The number of nitrogens with zero attached hydrogens (tertiary/aromatic N) is 4. The van der Waals surface area contributed by atoms with Gasteiger partial charge < -0.3 is 13.8 Å². The molecular weight excluding hydrogens is 340 g/mol. The van der Waals surface area contributed by atoms with Crippen LogP contribution in [0.25, 0.3) is 11.5 Å². The molecule has 3 aromatic heterocycles. The second-order valence-corrected chi connectivity index (χ2v) is 6.86. The minimum absolute atomic E-state index is 0.0510. The summed E-state index contributed by atoms with van der Waals surface area (Å²) in [6.07, 6.45) is 2.54. The molecule has 1 aliphatic heterocycles. The van der Waals surface area contributed by atoms with E-state index in [0.29, 0.717) is 36.3 Å². The van der Waals surface area contributed by atoms with E-state index in [0.717, 1.165) is 24.8 Å². The first-order valence-electron chi connectivity index (χ1n) is 8.35. The number of carbonyl (C=O) groups is 1. The number of amides is 1. The topological polar surface area (TPSA) is 85.3 Å². The Morgan fingerprint density at radius 3 is 3.12 bits per heavy atom. The van der Waals surface area contributed by atoms with Crippen LogP contribution in [0, 0.1) is 0 Å². The Morgan fingerprint density at radius 2 is 2.36 bits per heavy atom. The minimum atomic E-state index is -0.106. The van der Waals surface area contributed by atoms with Crippen molar-refractivity contribution in [2.24, 2.45) is 0 Å². The molecule has 0 spiro atoms. The van der Waals surface area contributed by atoms with E-state index in [4.69, 9.17) is 8.94 Å². The fraction of sp³-hybridized carbons (Fsp3) is 0.412. The van der Waals surface area contributed by atoms with Crippen LogP contribution in [0.3, 0.4) is 0 Å². The van der Waals surface area contributed by atoms with Crippen LogP contribution < -0.4 is 0 Å². The van der Waals surface area contributed by atoms with Gasteiger partial charge in [0.1, 0.15) is 5.76 Å². The van der Waals surface area contributed by atoms with Crippen molar-refractivity contribution in [3.8, 4) is 11.5 Å². The quantitative estimate of drug-likeness (QED) is 0.711. The lowest BCUT2D eigenvalue weighted by molar-refractivity contribution is 0.0688. The van der Waals surface area contributed by atoms with Gasteiger partial charge in [-0.05, 0) is 24.3 Å². The Kier molecular flexibility index (Phi) is 4.35. The maximum absolute atomic E-state index is 12.6. The van der Waals surface area contributed by atoms with E-state index in [-0.39, 0.29) is 11.8 Å². The first kappa shape index (κ1) is 16.0. The van der Waals surface area contributed by atoms with Crippen LogP contribution >= 0.6 is 11.3 Å². The van der Waals surface area contributed by atoms with E-state index in [1.165, 1.54) is 0 Å². The van der Waals surface area contributed by atoms with E-state index in [9.17, 15) is 4.79 Å². The van der Waals surface area contributed by atoms with Gasteiger partial charge in [0.2, 0.25) is 11.8 Å². The van der Waals surface area contributed by atoms with Crippen LogP contribution in [-0.4, -0.2) is 39.3 Å². The normalized spacial score (nSPS) is 17.8. The lowest BCUT2D eigenvalue weighted by Gasteiger charge is -2.30. The lowest BCUT2D eigenvalue weighted by Crippen LogP contribution is -2.39. The standard InChI is InChI=1S/C17H18N4O3S/c1-2-13-8-14(20-24-13)17(22)21-6-3-4-11(9-21)15-18-19-16(23-15)12-5-7-25-10-12/h5,7-8,10-11H,2-4,6,9H2,1H3/t11-/m1/s1. The molecule has 1 fully saturated rings. The predicted octanol–water partition coefficient (Wildman–Crippen LogP) is 3.37. The van der Waals surface area contributed by atoms with Crippen molar-refractivity contribution < 1.29 is 13.7 Å². The maximum atomic E-state index is 12.6. The zero-order chi connectivity index (χ0) is 17.2. The molecule has 0 N–H and O–H groups in total. The molecule has 0 aliphatic carbocycles. The van der Waals surface area contributed by atoms with Crippen molar-refractivity contribution in [3.63, 3.8) is 0 Å². The minimum Gasteiger partial charge on any atom is -0.420 e. The van der Waals surface area contributed by atoms with Gasteiger partial charge in [-0.3, -0.25) is 4.79 Å². The van der Waals surface area contributed by atoms with Crippen molar-refractivity contribution >= 4 is 17.2 Å². The number of piperidine rings is 1. The zero-order valence-corrected chi connectivity index (χ0v) is 14.7. The first-order chi connectivity index (χ1) is 12.2. The van der Waals surface area contributed by atoms with Crippen LogP contribution in [0.15, 0.2) is 31.8 Å². The summed E-state index contributed by atoms with van der Waals surface area (Å²) < 4.78 is 11.0. The molecule has 25 heavy (non-hydrogen) atoms. The molecule has 7 nitrogen and oxygen atoms in total. The Morgan fingerprint density at radius 1 is 1.44 bits per heavy atom. The number of aryl methyl sites for hydroxylation is 1. The van der Waals surface area contributed by atoms with Crippen molar-refractivity contribution in [1.29, 1.82) is 0 Å². The highest BCUT2D eigenvalue weighted by atomic mass is 32.1. The molecule has 0 radical (unpaired) electrons. The first-order valence-corrected chi connectivity index (χ1v) is 9.29. The number of hydrogen-bond acceptors (Lipinski definition) is 7. The lowest BCUT2D eigenvalue weighted by atomic mass is 9.98. The third kappa shape index (κ3) is 3.21. The zero-order valence-electron chi connectivity index (χ0n) is 13.8. The van der Waals surface area contributed by atoms with E-state index in [1.54, 1.807) is 22.3 Å². The molecule has 130 valence electrons. The largest absolute Gasteiger partial charge is 0.420 e. The Balaban J connectivity index is 1.48. The number of likely N-dealkylation sites (tertiary alicyclic amines) is 1. The molecule has 0 unspecified atom stereocenters. The number of hydrogen-bond donors (Lipinski definition) is 0. The molecule has 4 heterocycles. The molecule has 8 heteroatoms. The molecular formula is C17H18N4O3S. The summed E-state index contributed by atoms with van der Waals surface area (Å²) in [6, 6.07) is 3.67. The van der Waals surface area contributed by atoms with Crippen molar-refractivity contribution in [3.05, 3.63) is 40.2 Å². The van der Waals surface area contributed by atoms with Crippen LogP contribution in [0.2, 0.25) is 0 Å². The molecule has 1 saturated heterocycles. The average molecular weight is 358 g/mol. The average Bonchev–Trinajstić information content (AvgIpc) is 3.41.